The van der Waals surface area contributed by atoms with Gasteiger partial charge in [0, 0.05) is 32.1 Å². The molecule has 2 heterocycles. The Labute approximate surface area is 126 Å². The molecule has 3 N–H and O–H groups in total. The minimum atomic E-state index is -2.56. The molecule has 9 heteroatoms. The number of anilines is 2. The van der Waals surface area contributed by atoms with Crippen LogP contribution in [0.5, 0.6) is 0 Å². The third-order valence-corrected chi connectivity index (χ3v) is 3.65. The molecule has 2 aromatic heterocycles. The number of hydrogen-bond acceptors (Lipinski definition) is 6. The summed E-state index contributed by atoms with van der Waals surface area (Å²) in [6, 6.07) is 1.68. The third kappa shape index (κ3) is 3.29. The maximum Gasteiger partial charge on any atom is 0.248 e. The third-order valence-electron chi connectivity index (χ3n) is 3.65. The van der Waals surface area contributed by atoms with E-state index in [9.17, 15) is 8.78 Å². The molecule has 0 radical (unpaired) electrons. The minimum absolute atomic E-state index is 0.0688. The molecule has 0 spiro atoms. The zero-order valence-electron chi connectivity index (χ0n) is 12.1. The number of nitrogens with two attached hydrogens (primary N) is 1. The molecule has 1 aliphatic carbocycles. The molecule has 0 aliphatic heterocycles. The predicted octanol–water partition coefficient (Wildman–Crippen LogP) is 1.84. The second-order valence-corrected chi connectivity index (χ2v) is 5.49. The normalized spacial score (nSPS) is 18.3. The Hall–Kier alpha value is -2.32. The van der Waals surface area contributed by atoms with Crippen LogP contribution in [-0.4, -0.2) is 36.7 Å². The van der Waals surface area contributed by atoms with Gasteiger partial charge in [-0.2, -0.15) is 20.1 Å². The summed E-state index contributed by atoms with van der Waals surface area (Å²) >= 11 is 0. The molecule has 7 nitrogen and oxygen atoms in total. The quantitative estimate of drug-likeness (QED) is 0.898. The molecule has 0 unspecified atom stereocenters. The summed E-state index contributed by atoms with van der Waals surface area (Å²) in [6.07, 6.45) is 2.26. The van der Waals surface area contributed by atoms with E-state index in [1.54, 1.807) is 24.0 Å². The summed E-state index contributed by atoms with van der Waals surface area (Å²) in [6.45, 7) is 0. The van der Waals surface area contributed by atoms with Crippen LogP contribution in [0.2, 0.25) is 0 Å². The van der Waals surface area contributed by atoms with Gasteiger partial charge in [0.2, 0.25) is 17.8 Å². The van der Waals surface area contributed by atoms with Gasteiger partial charge in [-0.1, -0.05) is 0 Å². The van der Waals surface area contributed by atoms with Gasteiger partial charge in [-0.3, -0.25) is 4.68 Å². The fraction of sp³-hybridized carbons (Fsp3) is 0.538. The topological polar surface area (TPSA) is 94.5 Å². The van der Waals surface area contributed by atoms with Gasteiger partial charge in [-0.25, -0.2) is 8.78 Å². The van der Waals surface area contributed by atoms with Crippen molar-refractivity contribution in [2.45, 2.75) is 37.6 Å². The lowest BCUT2D eigenvalue weighted by Gasteiger charge is -2.28. The van der Waals surface area contributed by atoms with Crippen LogP contribution in [-0.2, 0) is 7.05 Å². The summed E-state index contributed by atoms with van der Waals surface area (Å²) < 4.78 is 28.0. The molecule has 1 aliphatic rings. The van der Waals surface area contributed by atoms with Crippen LogP contribution >= 0.6 is 0 Å². The first kappa shape index (κ1) is 14.6. The highest BCUT2D eigenvalue weighted by Crippen LogP contribution is 2.34. The highest BCUT2D eigenvalue weighted by Gasteiger charge is 2.35. The zero-order chi connectivity index (χ0) is 15.7. The number of halogens is 2. The molecule has 0 saturated heterocycles. The van der Waals surface area contributed by atoms with Crippen LogP contribution in [0.25, 0.3) is 11.5 Å². The van der Waals surface area contributed by atoms with Crippen molar-refractivity contribution in [3.8, 4) is 11.5 Å². The van der Waals surface area contributed by atoms with Gasteiger partial charge in [0.15, 0.2) is 5.82 Å². The van der Waals surface area contributed by atoms with Gasteiger partial charge in [0.05, 0.1) is 0 Å². The largest absolute Gasteiger partial charge is 0.368 e. The predicted molar refractivity (Wildman–Crippen MR) is 77.3 cm³/mol. The number of aromatic nitrogens is 5. The number of hydrogen-bond donors (Lipinski definition) is 2. The first-order chi connectivity index (χ1) is 10.4. The lowest BCUT2D eigenvalue weighted by Crippen LogP contribution is -2.32. The second-order valence-electron chi connectivity index (χ2n) is 5.49. The lowest BCUT2D eigenvalue weighted by molar-refractivity contribution is -0.0361. The molecule has 0 amide bonds. The summed E-state index contributed by atoms with van der Waals surface area (Å²) in [5.74, 6) is -1.84. The number of alkyl halides is 2. The molecule has 118 valence electrons. The Bertz CT molecular complexity index is 660. The van der Waals surface area contributed by atoms with Crippen LogP contribution in [0.4, 0.5) is 20.7 Å². The fourth-order valence-electron chi connectivity index (χ4n) is 2.47. The van der Waals surface area contributed by atoms with E-state index in [1.165, 1.54) is 0 Å². The van der Waals surface area contributed by atoms with E-state index >= 15 is 0 Å². The van der Waals surface area contributed by atoms with Crippen molar-refractivity contribution in [3.05, 3.63) is 12.3 Å². The van der Waals surface area contributed by atoms with Gasteiger partial charge in [0.25, 0.3) is 0 Å². The van der Waals surface area contributed by atoms with Crippen LogP contribution in [0.1, 0.15) is 25.7 Å². The zero-order valence-corrected chi connectivity index (χ0v) is 12.1. The maximum atomic E-state index is 13.2. The Kier molecular flexibility index (Phi) is 3.63. The number of nitrogen functional groups attached to an aromatic ring is 1. The average Bonchev–Trinajstić information content (AvgIpc) is 2.87. The molecule has 0 bridgehead atoms. The molecular weight excluding hydrogens is 292 g/mol. The maximum absolute atomic E-state index is 13.2. The van der Waals surface area contributed by atoms with Crippen LogP contribution in [0.15, 0.2) is 12.3 Å². The Balaban J connectivity index is 1.76. The van der Waals surface area contributed by atoms with Crippen molar-refractivity contribution in [2.75, 3.05) is 11.1 Å². The van der Waals surface area contributed by atoms with Crippen LogP contribution in [0.3, 0.4) is 0 Å². The lowest BCUT2D eigenvalue weighted by atomic mass is 9.92. The summed E-state index contributed by atoms with van der Waals surface area (Å²) in [4.78, 5) is 12.3. The van der Waals surface area contributed by atoms with E-state index in [2.05, 4.69) is 25.4 Å². The van der Waals surface area contributed by atoms with Crippen molar-refractivity contribution < 1.29 is 8.78 Å². The van der Waals surface area contributed by atoms with E-state index in [1.807, 2.05) is 0 Å². The van der Waals surface area contributed by atoms with Gasteiger partial charge >= 0.3 is 0 Å². The van der Waals surface area contributed by atoms with Gasteiger partial charge in [0.1, 0.15) is 5.69 Å². The minimum Gasteiger partial charge on any atom is -0.368 e. The Morgan fingerprint density at radius 1 is 1.27 bits per heavy atom. The van der Waals surface area contributed by atoms with Gasteiger partial charge in [-0.05, 0) is 18.9 Å². The van der Waals surface area contributed by atoms with Crippen LogP contribution in [0, 0.1) is 0 Å². The molecule has 22 heavy (non-hydrogen) atoms. The smallest absolute Gasteiger partial charge is 0.248 e. The second kappa shape index (κ2) is 5.47. The molecular formula is C13H17F2N7. The SMILES string of the molecule is Cn1ccc(-c2nc(N)nc(NC3CCC(F)(F)CC3)n2)n1. The van der Waals surface area contributed by atoms with E-state index in [0.717, 1.165) is 0 Å². The first-order valence-electron chi connectivity index (χ1n) is 7.07. The summed E-state index contributed by atoms with van der Waals surface area (Å²) in [7, 11) is 1.79. The summed E-state index contributed by atoms with van der Waals surface area (Å²) in [5, 5.41) is 7.28. The first-order valence-corrected chi connectivity index (χ1v) is 7.07. The monoisotopic (exact) mass is 309 g/mol. The number of nitrogens with zero attached hydrogens (tertiary/aromatic N) is 5. The van der Waals surface area contributed by atoms with Crippen molar-refractivity contribution in [2.24, 2.45) is 7.05 Å². The Morgan fingerprint density at radius 3 is 2.64 bits per heavy atom. The molecule has 0 atom stereocenters. The molecule has 2 aromatic rings. The van der Waals surface area contributed by atoms with Crippen molar-refractivity contribution in [1.29, 1.82) is 0 Å². The van der Waals surface area contributed by atoms with Crippen molar-refractivity contribution in [1.82, 2.24) is 24.7 Å². The molecule has 0 aromatic carbocycles. The highest BCUT2D eigenvalue weighted by atomic mass is 19.3. The van der Waals surface area contributed by atoms with Gasteiger partial charge < -0.3 is 11.1 Å². The number of nitrogens with one attached hydrogen (secondary N) is 1. The standard InChI is InChI=1S/C13H17F2N7/c1-22-7-4-9(21-22)10-18-11(16)20-12(19-10)17-8-2-5-13(14,15)6-3-8/h4,7-8H,2-3,5-6H2,1H3,(H3,16,17,18,19,20). The number of aryl methyl sites for hydroxylation is 1. The van der Waals surface area contributed by atoms with E-state index in [-0.39, 0.29) is 24.8 Å². The van der Waals surface area contributed by atoms with Crippen molar-refractivity contribution >= 4 is 11.9 Å². The van der Waals surface area contributed by atoms with Crippen molar-refractivity contribution in [3.63, 3.8) is 0 Å². The average molecular weight is 309 g/mol. The van der Waals surface area contributed by atoms with Gasteiger partial charge in [-0.15, -0.1) is 0 Å². The summed E-state index contributed by atoms with van der Waals surface area (Å²) in [5.41, 5.74) is 6.27. The Morgan fingerprint density at radius 2 is 2.00 bits per heavy atom. The van der Waals surface area contributed by atoms with E-state index in [0.29, 0.717) is 30.3 Å². The fourth-order valence-corrected chi connectivity index (χ4v) is 2.47. The van der Waals surface area contributed by atoms with E-state index < -0.39 is 5.92 Å². The molecule has 3 rings (SSSR count). The molecule has 1 saturated carbocycles. The molecule has 1 fully saturated rings. The van der Waals surface area contributed by atoms with Crippen LogP contribution < -0.4 is 11.1 Å². The number of rotatable bonds is 3. The highest BCUT2D eigenvalue weighted by molar-refractivity contribution is 5.52. The van der Waals surface area contributed by atoms with E-state index in [4.69, 9.17) is 5.73 Å².